The zero-order chi connectivity index (χ0) is 15.4. The molecule has 0 saturated heterocycles. The molecule has 114 valence electrons. The number of aromatic amines is 1. The average molecular weight is 314 g/mol. The zero-order valence-corrected chi connectivity index (χ0v) is 13.1. The van der Waals surface area contributed by atoms with Crippen molar-refractivity contribution in [3.05, 3.63) is 49.1 Å². The molecule has 5 nitrogen and oxygen atoms in total. The number of imidazole rings is 1. The molecule has 1 aromatic carbocycles. The minimum absolute atomic E-state index is 0.00381. The van der Waals surface area contributed by atoms with Gasteiger partial charge in [-0.2, -0.15) is 11.8 Å². The van der Waals surface area contributed by atoms with Crippen molar-refractivity contribution >= 4 is 34.4 Å². The van der Waals surface area contributed by atoms with Gasteiger partial charge < -0.3 is 14.9 Å². The summed E-state index contributed by atoms with van der Waals surface area (Å²) < 4.78 is 1.96. The van der Waals surface area contributed by atoms with E-state index in [1.165, 1.54) is 0 Å². The smallest absolute Gasteiger partial charge is 0.247 e. The highest BCUT2D eigenvalue weighted by Crippen LogP contribution is 2.20. The third kappa shape index (κ3) is 3.17. The maximum atomic E-state index is 12.6. The van der Waals surface area contributed by atoms with Gasteiger partial charge >= 0.3 is 0 Å². The number of benzene rings is 1. The Bertz CT molecular complexity index is 750. The van der Waals surface area contributed by atoms with E-state index in [0.29, 0.717) is 0 Å². The van der Waals surface area contributed by atoms with Gasteiger partial charge in [0.1, 0.15) is 6.04 Å². The molecule has 1 unspecified atom stereocenters. The summed E-state index contributed by atoms with van der Waals surface area (Å²) in [5.74, 6) is 0.944. The van der Waals surface area contributed by atoms with Gasteiger partial charge in [-0.3, -0.25) is 4.79 Å². The number of rotatable bonds is 6. The molecule has 0 bridgehead atoms. The number of H-pyrrole nitrogens is 1. The Morgan fingerprint density at radius 3 is 3.00 bits per heavy atom. The van der Waals surface area contributed by atoms with E-state index in [1.807, 2.05) is 47.3 Å². The van der Waals surface area contributed by atoms with E-state index in [-0.39, 0.29) is 11.9 Å². The molecule has 0 aliphatic carbocycles. The molecule has 3 aromatic rings. The number of carbonyl (C=O) groups is 1. The van der Waals surface area contributed by atoms with E-state index >= 15 is 0 Å². The number of hydrogen-bond donors (Lipinski definition) is 2. The van der Waals surface area contributed by atoms with Crippen LogP contribution in [0.25, 0.3) is 11.0 Å². The van der Waals surface area contributed by atoms with Gasteiger partial charge in [-0.05, 0) is 48.8 Å². The van der Waals surface area contributed by atoms with Crippen LogP contribution in [0.1, 0.15) is 12.5 Å². The first-order chi connectivity index (χ1) is 10.8. The Morgan fingerprint density at radius 1 is 1.41 bits per heavy atom. The van der Waals surface area contributed by atoms with Crippen LogP contribution in [0.5, 0.6) is 0 Å². The number of anilines is 1. The van der Waals surface area contributed by atoms with Gasteiger partial charge in [0.2, 0.25) is 5.91 Å². The van der Waals surface area contributed by atoms with E-state index in [4.69, 9.17) is 0 Å². The Hall–Kier alpha value is -2.21. The molecule has 0 saturated carbocycles. The van der Waals surface area contributed by atoms with Crippen LogP contribution in [-0.4, -0.2) is 32.5 Å². The molecule has 0 aliphatic heterocycles. The molecule has 3 rings (SSSR count). The molecule has 0 fully saturated rings. The lowest BCUT2D eigenvalue weighted by Gasteiger charge is -2.18. The fourth-order valence-corrected chi connectivity index (χ4v) is 2.90. The Kier molecular flexibility index (Phi) is 4.48. The van der Waals surface area contributed by atoms with Crippen molar-refractivity contribution in [1.82, 2.24) is 14.5 Å². The summed E-state index contributed by atoms with van der Waals surface area (Å²) in [6.45, 7) is 0. The van der Waals surface area contributed by atoms with E-state index in [1.54, 1.807) is 18.1 Å². The Morgan fingerprint density at radius 2 is 2.23 bits per heavy atom. The number of amides is 1. The summed E-state index contributed by atoms with van der Waals surface area (Å²) in [5.41, 5.74) is 2.59. The minimum atomic E-state index is -0.195. The first-order valence-electron chi connectivity index (χ1n) is 7.13. The van der Waals surface area contributed by atoms with Gasteiger partial charge in [0.15, 0.2) is 0 Å². The molecule has 2 heterocycles. The van der Waals surface area contributed by atoms with Gasteiger partial charge in [0.05, 0.1) is 17.4 Å². The summed E-state index contributed by atoms with van der Waals surface area (Å²) in [4.78, 5) is 19.9. The van der Waals surface area contributed by atoms with Crippen LogP contribution < -0.4 is 5.32 Å². The molecule has 2 N–H and O–H groups in total. The molecule has 22 heavy (non-hydrogen) atoms. The Labute approximate surface area is 133 Å². The number of thioether (sulfide) groups is 1. The van der Waals surface area contributed by atoms with E-state index < -0.39 is 0 Å². The lowest BCUT2D eigenvalue weighted by Crippen LogP contribution is -2.25. The van der Waals surface area contributed by atoms with Crippen molar-refractivity contribution in [2.75, 3.05) is 17.3 Å². The third-order valence-electron chi connectivity index (χ3n) is 3.57. The van der Waals surface area contributed by atoms with Crippen molar-refractivity contribution in [1.29, 1.82) is 0 Å². The van der Waals surface area contributed by atoms with Crippen LogP contribution in [0.4, 0.5) is 5.69 Å². The van der Waals surface area contributed by atoms with Gasteiger partial charge in [-0.1, -0.05) is 0 Å². The number of nitrogens with zero attached hydrogens (tertiary/aromatic N) is 2. The average Bonchev–Trinajstić information content (AvgIpc) is 3.18. The lowest BCUT2D eigenvalue weighted by atomic mass is 10.2. The van der Waals surface area contributed by atoms with Gasteiger partial charge in [-0.25, -0.2) is 4.98 Å². The van der Waals surface area contributed by atoms with Crippen LogP contribution in [0.3, 0.4) is 0 Å². The standard InChI is InChI=1S/C16H18N4OS/c1-22-9-6-15(20-7-2-3-8-20)16(21)19-12-4-5-13-14(10-12)18-11-17-13/h2-5,7-8,10-11,15H,6,9H2,1H3,(H,17,18)(H,19,21). The quantitative estimate of drug-likeness (QED) is 0.734. The second-order valence-corrected chi connectivity index (χ2v) is 6.04. The van der Waals surface area contributed by atoms with Crippen LogP contribution >= 0.6 is 11.8 Å². The molecular formula is C16H18N4OS. The second kappa shape index (κ2) is 6.70. The summed E-state index contributed by atoms with van der Waals surface area (Å²) in [6, 6.07) is 9.36. The number of hydrogen-bond acceptors (Lipinski definition) is 3. The topological polar surface area (TPSA) is 62.7 Å². The molecule has 0 spiro atoms. The highest BCUT2D eigenvalue weighted by Gasteiger charge is 2.19. The first-order valence-corrected chi connectivity index (χ1v) is 8.52. The van der Waals surface area contributed by atoms with E-state index in [2.05, 4.69) is 21.5 Å². The predicted octanol–water partition coefficient (Wildman–Crippen LogP) is 3.30. The molecule has 0 aliphatic rings. The highest BCUT2D eigenvalue weighted by molar-refractivity contribution is 7.98. The molecule has 1 atom stereocenters. The number of fused-ring (bicyclic) bond motifs is 1. The molecule has 0 radical (unpaired) electrons. The van der Waals surface area contributed by atoms with Gasteiger partial charge in [-0.15, -0.1) is 0 Å². The molecule has 2 aromatic heterocycles. The summed E-state index contributed by atoms with van der Waals surface area (Å²) in [6.07, 6.45) is 8.37. The maximum absolute atomic E-state index is 12.6. The number of aromatic nitrogens is 3. The normalized spacial score (nSPS) is 12.4. The monoisotopic (exact) mass is 314 g/mol. The minimum Gasteiger partial charge on any atom is -0.345 e. The van der Waals surface area contributed by atoms with E-state index in [0.717, 1.165) is 28.9 Å². The maximum Gasteiger partial charge on any atom is 0.247 e. The van der Waals surface area contributed by atoms with E-state index in [9.17, 15) is 4.79 Å². The van der Waals surface area contributed by atoms with Gasteiger partial charge in [0.25, 0.3) is 0 Å². The summed E-state index contributed by atoms with van der Waals surface area (Å²) >= 11 is 1.75. The second-order valence-electron chi connectivity index (χ2n) is 5.05. The van der Waals surface area contributed by atoms with Crippen molar-refractivity contribution in [2.24, 2.45) is 0 Å². The first kappa shape index (κ1) is 14.7. The van der Waals surface area contributed by atoms with Crippen LogP contribution in [0.15, 0.2) is 49.1 Å². The zero-order valence-electron chi connectivity index (χ0n) is 12.3. The molecule has 6 heteroatoms. The van der Waals surface area contributed by atoms with Gasteiger partial charge in [0, 0.05) is 18.1 Å². The molecular weight excluding hydrogens is 296 g/mol. The Balaban J connectivity index is 1.77. The molecule has 1 amide bonds. The largest absolute Gasteiger partial charge is 0.345 e. The SMILES string of the molecule is CSCCC(C(=O)Nc1ccc2nc[nH]c2c1)n1cccc1. The van der Waals surface area contributed by atoms with Crippen LogP contribution in [0.2, 0.25) is 0 Å². The fourth-order valence-electron chi connectivity index (χ4n) is 2.44. The van der Waals surface area contributed by atoms with Crippen LogP contribution in [-0.2, 0) is 4.79 Å². The number of nitrogens with one attached hydrogen (secondary N) is 2. The summed E-state index contributed by atoms with van der Waals surface area (Å²) in [5, 5.41) is 3.00. The fraction of sp³-hybridized carbons (Fsp3) is 0.250. The summed E-state index contributed by atoms with van der Waals surface area (Å²) in [7, 11) is 0. The third-order valence-corrected chi connectivity index (χ3v) is 4.22. The highest BCUT2D eigenvalue weighted by atomic mass is 32.2. The predicted molar refractivity (Wildman–Crippen MR) is 91.2 cm³/mol. The van der Waals surface area contributed by atoms with Crippen molar-refractivity contribution in [2.45, 2.75) is 12.5 Å². The lowest BCUT2D eigenvalue weighted by molar-refractivity contribution is -0.119. The number of carbonyl (C=O) groups excluding carboxylic acids is 1. The van der Waals surface area contributed by atoms with Crippen molar-refractivity contribution < 1.29 is 4.79 Å². The van der Waals surface area contributed by atoms with Crippen LogP contribution in [0, 0.1) is 0 Å². The van der Waals surface area contributed by atoms with Crippen molar-refractivity contribution in [3.63, 3.8) is 0 Å². The van der Waals surface area contributed by atoms with Crippen molar-refractivity contribution in [3.8, 4) is 0 Å².